The number of hydrogen-bond acceptors (Lipinski definition) is 6. The van der Waals surface area contributed by atoms with E-state index in [-0.39, 0.29) is 12.5 Å². The molecule has 92 valence electrons. The molecular weight excluding hydrogens is 236 g/mol. The monoisotopic (exact) mass is 256 g/mol. The van der Waals surface area contributed by atoms with E-state index in [0.29, 0.717) is 0 Å². The predicted octanol–water partition coefficient (Wildman–Crippen LogP) is -0.330. The summed E-state index contributed by atoms with van der Waals surface area (Å²) in [7, 11) is 0.794. The van der Waals surface area contributed by atoms with Gasteiger partial charge in [0.05, 0.1) is 6.23 Å². The van der Waals surface area contributed by atoms with Crippen molar-refractivity contribution >= 4 is 17.4 Å². The Hall–Kier alpha value is 0.194. The van der Waals surface area contributed by atoms with Crippen LogP contribution in [0.4, 0.5) is 0 Å². The minimum Gasteiger partial charge on any atom is -0.396 e. The second-order valence-electron chi connectivity index (χ2n) is 3.08. The van der Waals surface area contributed by atoms with Crippen LogP contribution in [-0.2, 0) is 22.1 Å². The third-order valence-corrected chi connectivity index (χ3v) is 7.13. The number of aliphatic hydroxyl groups excluding tert-OH is 1. The van der Waals surface area contributed by atoms with E-state index in [1.807, 2.05) is 6.55 Å². The molecule has 0 radical (unpaired) electrons. The predicted molar refractivity (Wildman–Crippen MR) is 58.4 cm³/mol. The Labute approximate surface area is 92.7 Å². The van der Waals surface area contributed by atoms with Gasteiger partial charge < -0.3 is 27.2 Å². The molecule has 0 amide bonds. The van der Waals surface area contributed by atoms with E-state index in [9.17, 15) is 0 Å². The molecule has 0 aromatic carbocycles. The highest BCUT2D eigenvalue weighted by Crippen LogP contribution is 2.11. The molecule has 6 nitrogen and oxygen atoms in total. The summed E-state index contributed by atoms with van der Waals surface area (Å²) >= 11 is 0. The molecule has 0 saturated heterocycles. The summed E-state index contributed by atoms with van der Waals surface area (Å²) in [5.74, 6) is 0. The topological polar surface area (TPSA) is 66.4 Å². The van der Waals surface area contributed by atoms with Crippen molar-refractivity contribution in [2.24, 2.45) is 0 Å². The van der Waals surface area contributed by atoms with Crippen LogP contribution in [-0.4, -0.2) is 63.4 Å². The van der Waals surface area contributed by atoms with Gasteiger partial charge in [0.2, 0.25) is 0 Å². The van der Waals surface area contributed by atoms with Crippen molar-refractivity contribution < 1.29 is 27.2 Å². The number of rotatable bonds is 8. The minimum absolute atomic E-state index is 0.258. The normalized spacial score (nSPS) is 13.2. The van der Waals surface area contributed by atoms with Crippen molar-refractivity contribution in [1.82, 2.24) is 0 Å². The zero-order valence-electron chi connectivity index (χ0n) is 9.90. The van der Waals surface area contributed by atoms with Gasteiger partial charge in [-0.2, -0.15) is 0 Å². The Kier molecular flexibility index (Phi) is 6.79. The molecule has 0 unspecified atom stereocenters. The maximum absolute atomic E-state index is 9.14. The lowest BCUT2D eigenvalue weighted by atomic mass is 11.7. The first-order chi connectivity index (χ1) is 7.01. The van der Waals surface area contributed by atoms with Crippen LogP contribution in [0.1, 0.15) is 0 Å². The molecule has 0 aliphatic carbocycles. The van der Waals surface area contributed by atoms with Crippen molar-refractivity contribution in [3.05, 3.63) is 0 Å². The van der Waals surface area contributed by atoms with Gasteiger partial charge in [-0.25, -0.2) is 0 Å². The van der Waals surface area contributed by atoms with Crippen molar-refractivity contribution in [2.45, 2.75) is 6.55 Å². The summed E-state index contributed by atoms with van der Waals surface area (Å²) in [6, 6.07) is 0. The van der Waals surface area contributed by atoms with Gasteiger partial charge in [-0.1, -0.05) is 0 Å². The molecule has 0 aliphatic rings. The molecule has 15 heavy (non-hydrogen) atoms. The Morgan fingerprint density at radius 3 is 1.67 bits per heavy atom. The summed E-state index contributed by atoms with van der Waals surface area (Å²) in [5.41, 5.74) is 0. The third kappa shape index (κ3) is 4.28. The molecule has 0 rings (SSSR count). The van der Waals surface area contributed by atoms with Gasteiger partial charge in [0, 0.05) is 28.4 Å². The highest BCUT2D eigenvalue weighted by Gasteiger charge is 2.42. The molecule has 8 heteroatoms. The fourth-order valence-electron chi connectivity index (χ4n) is 0.818. The van der Waals surface area contributed by atoms with E-state index >= 15 is 0 Å². The molecule has 0 bridgehead atoms. The van der Waals surface area contributed by atoms with Gasteiger partial charge in [0.1, 0.15) is 6.23 Å². The molecule has 0 aromatic rings. The first-order valence-corrected chi connectivity index (χ1v) is 8.92. The highest BCUT2D eigenvalue weighted by atomic mass is 28.4. The first-order valence-electron chi connectivity index (χ1n) is 4.47. The minimum atomic E-state index is -2.93. The average molecular weight is 256 g/mol. The first kappa shape index (κ1) is 15.2. The molecule has 0 aromatic heterocycles. The van der Waals surface area contributed by atoms with E-state index < -0.39 is 17.4 Å². The summed E-state index contributed by atoms with van der Waals surface area (Å²) in [6.45, 7) is 1.86. The Morgan fingerprint density at radius 2 is 1.40 bits per heavy atom. The largest absolute Gasteiger partial charge is 0.527 e. The van der Waals surface area contributed by atoms with Crippen molar-refractivity contribution in [2.75, 3.05) is 40.9 Å². The van der Waals surface area contributed by atoms with Crippen LogP contribution in [0.25, 0.3) is 0 Å². The summed E-state index contributed by atoms with van der Waals surface area (Å²) in [5, 5.41) is 9.14. The van der Waals surface area contributed by atoms with Crippen LogP contribution in [0.3, 0.4) is 0 Å². The molecule has 1 N–H and O–H groups in total. The lowest BCUT2D eigenvalue weighted by Gasteiger charge is -2.29. The Bertz CT molecular complexity index is 163. The average Bonchev–Trinajstić information content (AvgIpc) is 2.31. The summed E-state index contributed by atoms with van der Waals surface area (Å²) < 4.78 is 26.1. The standard InChI is InChI=1S/C7H20O6Si2/c1-9-14(5,10-2)7-13-15(6-8,11-3)12-4/h8H,6-7H2,1-5H3. The molecule has 0 spiro atoms. The summed E-state index contributed by atoms with van der Waals surface area (Å²) in [6.07, 6.45) is -0.00757. The lowest BCUT2D eigenvalue weighted by molar-refractivity contribution is 0.0759. The van der Waals surface area contributed by atoms with Gasteiger partial charge in [-0.3, -0.25) is 0 Å². The zero-order valence-corrected chi connectivity index (χ0v) is 11.9. The zero-order chi connectivity index (χ0) is 11.9. The quantitative estimate of drug-likeness (QED) is 0.600. The van der Waals surface area contributed by atoms with Gasteiger partial charge in [0.15, 0.2) is 0 Å². The smallest absolute Gasteiger partial charge is 0.396 e. The Morgan fingerprint density at radius 1 is 0.933 bits per heavy atom. The van der Waals surface area contributed by atoms with Crippen LogP contribution in [0.2, 0.25) is 6.55 Å². The highest BCUT2D eigenvalue weighted by molar-refractivity contribution is 6.68. The maximum Gasteiger partial charge on any atom is 0.527 e. The number of aliphatic hydroxyl groups is 1. The third-order valence-electron chi connectivity index (χ3n) is 2.23. The van der Waals surface area contributed by atoms with E-state index in [2.05, 4.69) is 0 Å². The van der Waals surface area contributed by atoms with Gasteiger partial charge >= 0.3 is 17.4 Å². The molecule has 0 atom stereocenters. The van der Waals surface area contributed by atoms with E-state index in [0.717, 1.165) is 0 Å². The lowest BCUT2D eigenvalue weighted by Crippen LogP contribution is -2.53. The van der Waals surface area contributed by atoms with Crippen LogP contribution in [0.5, 0.6) is 0 Å². The molecule has 0 fully saturated rings. The Balaban J connectivity index is 4.32. The molecule has 0 heterocycles. The van der Waals surface area contributed by atoms with Crippen LogP contribution >= 0.6 is 0 Å². The van der Waals surface area contributed by atoms with Gasteiger partial charge in [0.25, 0.3) is 0 Å². The van der Waals surface area contributed by atoms with Crippen LogP contribution < -0.4 is 0 Å². The second kappa shape index (κ2) is 6.71. The van der Waals surface area contributed by atoms with Gasteiger partial charge in [-0.15, -0.1) is 0 Å². The molecule has 0 saturated carbocycles. The SMILES string of the molecule is CO[Si](C)(CO[Si](CO)(OC)OC)OC. The van der Waals surface area contributed by atoms with E-state index in [1.54, 1.807) is 14.2 Å². The van der Waals surface area contributed by atoms with Gasteiger partial charge in [-0.05, 0) is 6.55 Å². The fourth-order valence-corrected chi connectivity index (χ4v) is 3.90. The second-order valence-corrected chi connectivity index (χ2v) is 9.24. The molecular formula is C7H20O6Si2. The van der Waals surface area contributed by atoms with E-state index in [1.165, 1.54) is 14.2 Å². The summed E-state index contributed by atoms with van der Waals surface area (Å²) in [4.78, 5) is 0. The molecule has 0 aliphatic heterocycles. The van der Waals surface area contributed by atoms with Crippen molar-refractivity contribution in [3.8, 4) is 0 Å². The fraction of sp³-hybridized carbons (Fsp3) is 1.00. The van der Waals surface area contributed by atoms with Crippen molar-refractivity contribution in [1.29, 1.82) is 0 Å². The maximum atomic E-state index is 9.14. The number of hydrogen-bond donors (Lipinski definition) is 1. The van der Waals surface area contributed by atoms with Crippen molar-refractivity contribution in [3.63, 3.8) is 0 Å². The van der Waals surface area contributed by atoms with Crippen LogP contribution in [0, 0.1) is 0 Å². The van der Waals surface area contributed by atoms with Crippen LogP contribution in [0.15, 0.2) is 0 Å². The van der Waals surface area contributed by atoms with E-state index in [4.69, 9.17) is 27.2 Å².